The molecule has 0 aliphatic carbocycles. The van der Waals surface area contributed by atoms with Crippen LogP contribution in [0.2, 0.25) is 0 Å². The molecule has 21 heavy (non-hydrogen) atoms. The van der Waals surface area contributed by atoms with Crippen molar-refractivity contribution in [2.24, 2.45) is 0 Å². The molecule has 0 aromatic heterocycles. The lowest BCUT2D eigenvalue weighted by Gasteiger charge is -2.24. The summed E-state index contributed by atoms with van der Waals surface area (Å²) in [5.41, 5.74) is 2.00. The molecule has 0 saturated carbocycles. The lowest BCUT2D eigenvalue weighted by molar-refractivity contribution is 0.408. The van der Waals surface area contributed by atoms with Crippen LogP contribution >= 0.6 is 11.8 Å². The maximum absolute atomic E-state index is 14.4. The van der Waals surface area contributed by atoms with E-state index < -0.39 is 0 Å². The van der Waals surface area contributed by atoms with E-state index in [1.165, 1.54) is 16.5 Å². The monoisotopic (exact) mass is 303 g/mol. The fourth-order valence-electron chi connectivity index (χ4n) is 2.92. The second-order valence-corrected chi connectivity index (χ2v) is 6.17. The summed E-state index contributed by atoms with van der Waals surface area (Å²) in [5.74, 6) is 1.57. The average molecular weight is 303 g/mol. The van der Waals surface area contributed by atoms with Crippen LogP contribution in [0.3, 0.4) is 0 Å². The molecule has 1 heterocycles. The maximum atomic E-state index is 14.4. The first-order chi connectivity index (χ1) is 10.2. The van der Waals surface area contributed by atoms with E-state index in [-0.39, 0.29) is 17.8 Å². The first-order valence-electron chi connectivity index (χ1n) is 6.97. The molecular formula is C17H18FNOS. The van der Waals surface area contributed by atoms with E-state index in [1.54, 1.807) is 7.11 Å². The molecule has 2 aromatic rings. The minimum atomic E-state index is -0.219. The second kappa shape index (κ2) is 6.08. The Morgan fingerprint density at radius 1 is 1.29 bits per heavy atom. The summed E-state index contributed by atoms with van der Waals surface area (Å²) in [6.45, 7) is 0. The highest BCUT2D eigenvalue weighted by Gasteiger charge is 2.31. The predicted octanol–water partition coefficient (Wildman–Crippen LogP) is 3.98. The van der Waals surface area contributed by atoms with Crippen LogP contribution in [0.5, 0.6) is 5.75 Å². The van der Waals surface area contributed by atoms with Crippen LogP contribution in [0, 0.1) is 5.82 Å². The summed E-state index contributed by atoms with van der Waals surface area (Å²) < 4.78 is 19.5. The molecule has 0 saturated heterocycles. The Bertz CT molecular complexity index is 646. The van der Waals surface area contributed by atoms with E-state index in [4.69, 9.17) is 4.74 Å². The molecule has 1 aliphatic rings. The Hall–Kier alpha value is -1.52. The van der Waals surface area contributed by atoms with Crippen molar-refractivity contribution in [1.29, 1.82) is 0 Å². The Labute approximate surface area is 128 Å². The van der Waals surface area contributed by atoms with Crippen molar-refractivity contribution in [1.82, 2.24) is 5.32 Å². The summed E-state index contributed by atoms with van der Waals surface area (Å²) in [6, 6.07) is 13.4. The Morgan fingerprint density at radius 2 is 2.10 bits per heavy atom. The molecule has 2 atom stereocenters. The predicted molar refractivity (Wildman–Crippen MR) is 84.7 cm³/mol. The molecule has 2 aromatic carbocycles. The smallest absolute Gasteiger partial charge is 0.131 e. The van der Waals surface area contributed by atoms with Gasteiger partial charge in [0, 0.05) is 34.2 Å². The molecule has 0 fully saturated rings. The minimum absolute atomic E-state index is 0.0351. The number of rotatable bonds is 4. The van der Waals surface area contributed by atoms with Gasteiger partial charge in [-0.25, -0.2) is 4.39 Å². The van der Waals surface area contributed by atoms with Crippen molar-refractivity contribution in [2.75, 3.05) is 19.9 Å². The number of methoxy groups -OCH3 is 1. The van der Waals surface area contributed by atoms with Gasteiger partial charge in [-0.2, -0.15) is 0 Å². The molecule has 4 heteroatoms. The number of fused-ring (bicyclic) bond motifs is 1. The van der Waals surface area contributed by atoms with Crippen molar-refractivity contribution in [2.45, 2.75) is 16.9 Å². The summed E-state index contributed by atoms with van der Waals surface area (Å²) in [7, 11) is 3.44. The molecular weight excluding hydrogens is 285 g/mol. The molecule has 110 valence electrons. The maximum Gasteiger partial charge on any atom is 0.131 e. The first-order valence-corrected chi connectivity index (χ1v) is 7.95. The van der Waals surface area contributed by atoms with E-state index in [1.807, 2.05) is 30.9 Å². The van der Waals surface area contributed by atoms with Crippen LogP contribution in [0.15, 0.2) is 47.4 Å². The number of ether oxygens (including phenoxy) is 1. The minimum Gasteiger partial charge on any atom is -0.497 e. The number of benzene rings is 2. The molecule has 3 rings (SSSR count). The number of likely N-dealkylation sites (N-methyl/N-ethyl adjacent to an activating group) is 1. The zero-order valence-corrected chi connectivity index (χ0v) is 12.9. The van der Waals surface area contributed by atoms with Crippen molar-refractivity contribution in [3.63, 3.8) is 0 Å². The van der Waals surface area contributed by atoms with Crippen LogP contribution in [0.4, 0.5) is 4.39 Å². The van der Waals surface area contributed by atoms with Crippen LogP contribution in [-0.4, -0.2) is 19.9 Å². The van der Waals surface area contributed by atoms with Gasteiger partial charge in [0.1, 0.15) is 11.6 Å². The van der Waals surface area contributed by atoms with Gasteiger partial charge in [0.05, 0.1) is 7.11 Å². The van der Waals surface area contributed by atoms with Gasteiger partial charge in [-0.1, -0.05) is 24.3 Å². The van der Waals surface area contributed by atoms with Crippen LogP contribution in [-0.2, 0) is 0 Å². The third-order valence-corrected chi connectivity index (χ3v) is 5.20. The number of halogens is 1. The highest BCUT2D eigenvalue weighted by Crippen LogP contribution is 2.45. The number of hydrogen-bond donors (Lipinski definition) is 1. The van der Waals surface area contributed by atoms with Crippen molar-refractivity contribution < 1.29 is 9.13 Å². The molecule has 0 radical (unpaired) electrons. The molecule has 2 nitrogen and oxygen atoms in total. The van der Waals surface area contributed by atoms with Gasteiger partial charge in [0.25, 0.3) is 0 Å². The highest BCUT2D eigenvalue weighted by atomic mass is 32.2. The van der Waals surface area contributed by atoms with E-state index in [0.29, 0.717) is 11.3 Å². The third-order valence-electron chi connectivity index (χ3n) is 3.99. The molecule has 1 aliphatic heterocycles. The van der Waals surface area contributed by atoms with E-state index >= 15 is 0 Å². The fourth-order valence-corrected chi connectivity index (χ4v) is 4.22. The van der Waals surface area contributed by atoms with Crippen molar-refractivity contribution in [3.05, 3.63) is 59.4 Å². The normalized spacial score (nSPS) is 18.3. The topological polar surface area (TPSA) is 21.3 Å². The quantitative estimate of drug-likeness (QED) is 0.923. The Kier molecular flexibility index (Phi) is 4.17. The van der Waals surface area contributed by atoms with Gasteiger partial charge < -0.3 is 10.1 Å². The van der Waals surface area contributed by atoms with Gasteiger partial charge in [-0.15, -0.1) is 11.8 Å². The molecule has 2 unspecified atom stereocenters. The summed E-state index contributed by atoms with van der Waals surface area (Å²) >= 11 is 1.84. The van der Waals surface area contributed by atoms with E-state index in [9.17, 15) is 4.39 Å². The summed E-state index contributed by atoms with van der Waals surface area (Å²) in [4.78, 5) is 1.30. The molecule has 0 amide bonds. The molecule has 0 bridgehead atoms. The van der Waals surface area contributed by atoms with Crippen molar-refractivity contribution in [3.8, 4) is 5.75 Å². The number of hydrogen-bond acceptors (Lipinski definition) is 3. The van der Waals surface area contributed by atoms with Crippen LogP contribution in [0.25, 0.3) is 0 Å². The van der Waals surface area contributed by atoms with E-state index in [2.05, 4.69) is 29.6 Å². The Balaban J connectivity index is 1.97. The van der Waals surface area contributed by atoms with Gasteiger partial charge in [-0.05, 0) is 24.7 Å². The van der Waals surface area contributed by atoms with Gasteiger partial charge in [-0.3, -0.25) is 0 Å². The first kappa shape index (κ1) is 14.4. The zero-order chi connectivity index (χ0) is 14.8. The SMILES string of the molecule is CNC(c1ccc(OC)cc1F)C1CSc2ccccc21. The lowest BCUT2D eigenvalue weighted by Crippen LogP contribution is -2.25. The molecule has 1 N–H and O–H groups in total. The van der Waals surface area contributed by atoms with Gasteiger partial charge >= 0.3 is 0 Å². The lowest BCUT2D eigenvalue weighted by atomic mass is 9.88. The summed E-state index contributed by atoms with van der Waals surface area (Å²) in [6.07, 6.45) is 0. The van der Waals surface area contributed by atoms with Gasteiger partial charge in [0.2, 0.25) is 0 Å². The van der Waals surface area contributed by atoms with E-state index in [0.717, 1.165) is 5.75 Å². The third kappa shape index (κ3) is 2.65. The second-order valence-electron chi connectivity index (χ2n) is 5.11. The standard InChI is InChI=1S/C17H18FNOS/c1-19-17(13-8-7-11(20-2)9-15(13)18)14-10-21-16-6-4-3-5-12(14)16/h3-9,14,17,19H,10H2,1-2H3. The van der Waals surface area contributed by atoms with Crippen LogP contribution in [0.1, 0.15) is 23.1 Å². The summed E-state index contributed by atoms with van der Waals surface area (Å²) in [5, 5.41) is 3.29. The van der Waals surface area contributed by atoms with Crippen LogP contribution < -0.4 is 10.1 Å². The average Bonchev–Trinajstić information content (AvgIpc) is 2.94. The number of thioether (sulfide) groups is 1. The van der Waals surface area contributed by atoms with Gasteiger partial charge in [0.15, 0.2) is 0 Å². The molecule has 0 spiro atoms. The Morgan fingerprint density at radius 3 is 2.81 bits per heavy atom. The largest absolute Gasteiger partial charge is 0.497 e. The number of nitrogens with one attached hydrogen (secondary N) is 1. The fraction of sp³-hybridized carbons (Fsp3) is 0.294. The highest BCUT2D eigenvalue weighted by molar-refractivity contribution is 7.99. The van der Waals surface area contributed by atoms with Crippen molar-refractivity contribution >= 4 is 11.8 Å². The zero-order valence-electron chi connectivity index (χ0n) is 12.1.